The van der Waals surface area contributed by atoms with Crippen molar-refractivity contribution in [2.45, 2.75) is 20.8 Å². The summed E-state index contributed by atoms with van der Waals surface area (Å²) in [5, 5.41) is 0. The molecule has 64 valence electrons. The molecule has 0 saturated heterocycles. The van der Waals surface area contributed by atoms with Crippen molar-refractivity contribution in [3.05, 3.63) is 35.8 Å². The van der Waals surface area contributed by atoms with Gasteiger partial charge in [0.25, 0.3) is 0 Å². The Morgan fingerprint density at radius 1 is 1.27 bits per heavy atom. The molecule has 0 fully saturated rings. The van der Waals surface area contributed by atoms with E-state index in [-0.39, 0.29) is 12.1 Å². The lowest BCUT2D eigenvalue weighted by Gasteiger charge is -1.86. The van der Waals surface area contributed by atoms with E-state index < -0.39 is 0 Å². The van der Waals surface area contributed by atoms with Gasteiger partial charge in [-0.1, -0.05) is 38.7 Å². The van der Waals surface area contributed by atoms with E-state index in [1.165, 1.54) is 0 Å². The maximum Gasteiger partial charge on any atom is 0.0805 e. The summed E-state index contributed by atoms with van der Waals surface area (Å²) in [5.41, 5.74) is 0.894. The fourth-order valence-corrected chi connectivity index (χ4v) is 0.380. The smallest absolute Gasteiger partial charge is 0.0805 e. The summed E-state index contributed by atoms with van der Waals surface area (Å²) in [7, 11) is 0. The molecule has 0 aliphatic carbocycles. The van der Waals surface area contributed by atoms with Crippen LogP contribution in [0, 0.1) is 0 Å². The highest BCUT2D eigenvalue weighted by molar-refractivity contribution is 7.98. The lowest BCUT2D eigenvalue weighted by atomic mass is 10.3. The number of rotatable bonds is 3. The Labute approximate surface area is 73.2 Å². The van der Waals surface area contributed by atoms with Gasteiger partial charge in [0.05, 0.1) is 12.1 Å². The number of hydrogen-bond acceptors (Lipinski definition) is 1. The Kier molecular flexibility index (Phi) is 11.3. The summed E-state index contributed by atoms with van der Waals surface area (Å²) in [6.07, 6.45) is 3.31. The van der Waals surface area contributed by atoms with Crippen LogP contribution in [0.15, 0.2) is 35.8 Å². The molecule has 0 radical (unpaired) electrons. The summed E-state index contributed by atoms with van der Waals surface area (Å²) in [5.74, 6) is 0. The fraction of sp³-hybridized carbons (Fsp3) is 0.333. The highest BCUT2D eigenvalue weighted by Crippen LogP contribution is 2.15. The van der Waals surface area contributed by atoms with Gasteiger partial charge in [0.2, 0.25) is 0 Å². The minimum Gasteiger partial charge on any atom is -0.160 e. The Balaban J connectivity index is 0. The summed E-state index contributed by atoms with van der Waals surface area (Å²) in [6.45, 7) is 12.8. The minimum atomic E-state index is 0.144. The quantitative estimate of drug-likeness (QED) is 0.575. The van der Waals surface area contributed by atoms with Crippen molar-refractivity contribution in [3.63, 3.8) is 0 Å². The van der Waals surface area contributed by atoms with Gasteiger partial charge in [0.15, 0.2) is 0 Å². The van der Waals surface area contributed by atoms with E-state index in [9.17, 15) is 3.89 Å². The van der Waals surface area contributed by atoms with Gasteiger partial charge in [-0.15, -0.1) is 0 Å². The standard InChI is InChI=1S/C7H9FS.C2H6/c1-6(2)4-5-7(3)9-8;1-2/h4-5H,1,3H2,2H3;1-2H3/b5-4-;. The maximum absolute atomic E-state index is 11.6. The molecule has 11 heavy (non-hydrogen) atoms. The van der Waals surface area contributed by atoms with Crippen molar-refractivity contribution >= 4 is 12.1 Å². The second-order valence-electron chi connectivity index (χ2n) is 1.72. The Morgan fingerprint density at radius 2 is 1.73 bits per heavy atom. The first-order chi connectivity index (χ1) is 5.16. The first-order valence-electron chi connectivity index (χ1n) is 3.48. The maximum atomic E-state index is 11.6. The zero-order chi connectivity index (χ0) is 9.28. The summed E-state index contributed by atoms with van der Waals surface area (Å²) < 4.78 is 11.6. The van der Waals surface area contributed by atoms with E-state index in [4.69, 9.17) is 0 Å². The van der Waals surface area contributed by atoms with E-state index in [1.54, 1.807) is 12.2 Å². The van der Waals surface area contributed by atoms with Gasteiger partial charge in [-0.2, -0.15) is 3.89 Å². The molecule has 0 spiro atoms. The highest BCUT2D eigenvalue weighted by Gasteiger charge is 1.83. The van der Waals surface area contributed by atoms with Gasteiger partial charge in [-0.3, -0.25) is 0 Å². The zero-order valence-electron chi connectivity index (χ0n) is 7.36. The van der Waals surface area contributed by atoms with E-state index in [0.717, 1.165) is 5.57 Å². The topological polar surface area (TPSA) is 0 Å². The van der Waals surface area contributed by atoms with E-state index in [2.05, 4.69) is 13.2 Å². The van der Waals surface area contributed by atoms with Gasteiger partial charge >= 0.3 is 0 Å². The van der Waals surface area contributed by atoms with Crippen LogP contribution in [-0.4, -0.2) is 0 Å². The van der Waals surface area contributed by atoms with E-state index >= 15 is 0 Å². The van der Waals surface area contributed by atoms with Crippen molar-refractivity contribution in [2.75, 3.05) is 0 Å². The first kappa shape index (κ1) is 13.1. The molecule has 0 atom stereocenters. The summed E-state index contributed by atoms with van der Waals surface area (Å²) in [4.78, 5) is 0.401. The van der Waals surface area contributed by atoms with Crippen molar-refractivity contribution < 1.29 is 3.89 Å². The molecule has 0 saturated carbocycles. The summed E-state index contributed by atoms with van der Waals surface area (Å²) >= 11 is 0.144. The van der Waals surface area contributed by atoms with Gasteiger partial charge in [0, 0.05) is 4.91 Å². The minimum absolute atomic E-state index is 0.144. The van der Waals surface area contributed by atoms with Crippen LogP contribution in [0.5, 0.6) is 0 Å². The molecular formula is C9H15FS. The molecule has 2 heteroatoms. The molecule has 0 bridgehead atoms. The molecule has 0 amide bonds. The largest absolute Gasteiger partial charge is 0.160 e. The average molecular weight is 174 g/mol. The third kappa shape index (κ3) is 12.6. The second kappa shape index (κ2) is 9.50. The lowest BCUT2D eigenvalue weighted by Crippen LogP contribution is -1.62. The van der Waals surface area contributed by atoms with Crippen LogP contribution in [0.4, 0.5) is 3.89 Å². The molecule has 0 aromatic heterocycles. The molecule has 0 aliphatic heterocycles. The molecule has 0 N–H and O–H groups in total. The number of allylic oxidation sites excluding steroid dienone is 3. The molecule has 0 aromatic carbocycles. The predicted octanol–water partition coefficient (Wildman–Crippen LogP) is 4.28. The molecule has 0 aliphatic rings. The average Bonchev–Trinajstić information content (AvgIpc) is 2.04. The van der Waals surface area contributed by atoms with Crippen LogP contribution in [0.1, 0.15) is 20.8 Å². The molecule has 0 nitrogen and oxygen atoms in total. The van der Waals surface area contributed by atoms with Gasteiger partial charge in [0.1, 0.15) is 0 Å². The SMILES string of the molecule is C=C(C)/C=C\C(=C)SF.CC. The Bertz CT molecular complexity index is 148. The highest BCUT2D eigenvalue weighted by atomic mass is 32.2. The first-order valence-corrected chi connectivity index (χ1v) is 4.19. The van der Waals surface area contributed by atoms with Gasteiger partial charge in [-0.05, 0) is 13.0 Å². The van der Waals surface area contributed by atoms with Crippen molar-refractivity contribution in [2.24, 2.45) is 0 Å². The van der Waals surface area contributed by atoms with Crippen LogP contribution >= 0.6 is 12.1 Å². The zero-order valence-corrected chi connectivity index (χ0v) is 8.17. The monoisotopic (exact) mass is 174 g/mol. The van der Waals surface area contributed by atoms with Crippen LogP contribution in [0.25, 0.3) is 0 Å². The van der Waals surface area contributed by atoms with Gasteiger partial charge in [-0.25, -0.2) is 0 Å². The van der Waals surface area contributed by atoms with Crippen LogP contribution in [0.3, 0.4) is 0 Å². The second-order valence-corrected chi connectivity index (χ2v) is 2.40. The van der Waals surface area contributed by atoms with Crippen LogP contribution in [-0.2, 0) is 0 Å². The van der Waals surface area contributed by atoms with E-state index in [0.29, 0.717) is 4.91 Å². The number of hydrogen-bond donors (Lipinski definition) is 0. The Morgan fingerprint density at radius 3 is 2.00 bits per heavy atom. The molecule has 0 aromatic rings. The molecule has 0 rings (SSSR count). The van der Waals surface area contributed by atoms with Crippen LogP contribution in [0.2, 0.25) is 0 Å². The van der Waals surface area contributed by atoms with Crippen LogP contribution < -0.4 is 0 Å². The predicted molar refractivity (Wildman–Crippen MR) is 53.1 cm³/mol. The van der Waals surface area contributed by atoms with Gasteiger partial charge < -0.3 is 0 Å². The summed E-state index contributed by atoms with van der Waals surface area (Å²) in [6, 6.07) is 0. The molecule has 0 heterocycles. The van der Waals surface area contributed by atoms with Crippen molar-refractivity contribution in [1.82, 2.24) is 0 Å². The van der Waals surface area contributed by atoms with E-state index in [1.807, 2.05) is 20.8 Å². The number of halogens is 1. The van der Waals surface area contributed by atoms with Crippen molar-refractivity contribution in [1.29, 1.82) is 0 Å². The van der Waals surface area contributed by atoms with Crippen molar-refractivity contribution in [3.8, 4) is 0 Å². The Hall–Kier alpha value is -0.500. The fourth-order valence-electron chi connectivity index (χ4n) is 0.261. The molecule has 0 unspecified atom stereocenters. The third-order valence-corrected chi connectivity index (χ3v) is 0.987. The normalized spacial score (nSPS) is 8.73. The lowest BCUT2D eigenvalue weighted by molar-refractivity contribution is 0.945. The molecular weight excluding hydrogens is 159 g/mol. The third-order valence-electron chi connectivity index (χ3n) is 0.653.